The van der Waals surface area contributed by atoms with Crippen LogP contribution in [-0.2, 0) is 11.2 Å². The van der Waals surface area contributed by atoms with Crippen LogP contribution in [0.5, 0.6) is 0 Å². The lowest BCUT2D eigenvalue weighted by Gasteiger charge is -2.11. The molecule has 1 unspecified atom stereocenters. The molecule has 2 nitrogen and oxygen atoms in total. The van der Waals surface area contributed by atoms with Gasteiger partial charge in [-0.05, 0) is 31.0 Å². The molecule has 1 aromatic carbocycles. The summed E-state index contributed by atoms with van der Waals surface area (Å²) in [7, 11) is 0. The lowest BCUT2D eigenvalue weighted by atomic mass is 10.1. The minimum Gasteiger partial charge on any atom is -0.390 e. The van der Waals surface area contributed by atoms with Gasteiger partial charge in [-0.25, -0.2) is 0 Å². The van der Waals surface area contributed by atoms with E-state index in [9.17, 15) is 5.11 Å². The average molecular weight is 229 g/mol. The van der Waals surface area contributed by atoms with Crippen LogP contribution in [0.2, 0.25) is 5.02 Å². The van der Waals surface area contributed by atoms with Gasteiger partial charge in [0.05, 0.1) is 12.7 Å². The highest BCUT2D eigenvalue weighted by Crippen LogP contribution is 2.19. The van der Waals surface area contributed by atoms with Crippen molar-refractivity contribution < 1.29 is 9.84 Å². The van der Waals surface area contributed by atoms with E-state index < -0.39 is 6.10 Å². The second-order valence-electron chi connectivity index (χ2n) is 3.61. The van der Waals surface area contributed by atoms with Crippen molar-refractivity contribution in [1.29, 1.82) is 0 Å². The van der Waals surface area contributed by atoms with Crippen molar-refractivity contribution in [3.63, 3.8) is 0 Å². The molecule has 0 saturated carbocycles. The van der Waals surface area contributed by atoms with Gasteiger partial charge in [0.2, 0.25) is 0 Å². The van der Waals surface area contributed by atoms with E-state index in [-0.39, 0.29) is 0 Å². The highest BCUT2D eigenvalue weighted by Gasteiger charge is 2.08. The molecule has 0 fully saturated rings. The number of halogens is 1. The van der Waals surface area contributed by atoms with Gasteiger partial charge in [0.25, 0.3) is 0 Å². The first-order valence-corrected chi connectivity index (χ1v) is 5.52. The van der Waals surface area contributed by atoms with E-state index >= 15 is 0 Å². The van der Waals surface area contributed by atoms with Crippen molar-refractivity contribution in [3.8, 4) is 0 Å². The number of rotatable bonds is 5. The molecule has 1 rings (SSSR count). The van der Waals surface area contributed by atoms with Crippen molar-refractivity contribution >= 4 is 11.6 Å². The third kappa shape index (κ3) is 4.20. The van der Waals surface area contributed by atoms with E-state index in [1.165, 1.54) is 0 Å². The van der Waals surface area contributed by atoms with E-state index in [0.717, 1.165) is 11.1 Å². The quantitative estimate of drug-likeness (QED) is 0.840. The fourth-order valence-corrected chi connectivity index (χ4v) is 1.70. The number of ether oxygens (including phenoxy) is 1. The second kappa shape index (κ2) is 6.11. The molecule has 0 aromatic heterocycles. The highest BCUT2D eigenvalue weighted by molar-refractivity contribution is 6.31. The Labute approximate surface area is 95.8 Å². The van der Waals surface area contributed by atoms with Crippen LogP contribution in [0, 0.1) is 6.92 Å². The summed E-state index contributed by atoms with van der Waals surface area (Å²) in [5.41, 5.74) is 2.09. The highest BCUT2D eigenvalue weighted by atomic mass is 35.5. The Morgan fingerprint density at radius 3 is 2.80 bits per heavy atom. The molecule has 3 heteroatoms. The molecule has 1 aromatic rings. The van der Waals surface area contributed by atoms with Gasteiger partial charge in [0.1, 0.15) is 0 Å². The van der Waals surface area contributed by atoms with Crippen LogP contribution in [0.25, 0.3) is 0 Å². The number of hydrogen-bond donors (Lipinski definition) is 1. The van der Waals surface area contributed by atoms with Crippen LogP contribution in [0.1, 0.15) is 18.1 Å². The molecule has 0 heterocycles. The van der Waals surface area contributed by atoms with E-state index in [4.69, 9.17) is 16.3 Å². The first-order chi connectivity index (χ1) is 7.13. The molecule has 1 atom stereocenters. The van der Waals surface area contributed by atoms with Crippen LogP contribution >= 0.6 is 11.6 Å². The van der Waals surface area contributed by atoms with Crippen molar-refractivity contribution in [3.05, 3.63) is 34.3 Å². The van der Waals surface area contributed by atoms with E-state index in [1.807, 2.05) is 32.0 Å². The zero-order chi connectivity index (χ0) is 11.3. The minimum absolute atomic E-state index is 0.362. The molecule has 0 spiro atoms. The maximum atomic E-state index is 9.64. The van der Waals surface area contributed by atoms with Gasteiger partial charge in [-0.3, -0.25) is 0 Å². The largest absolute Gasteiger partial charge is 0.390 e. The van der Waals surface area contributed by atoms with Gasteiger partial charge in [-0.2, -0.15) is 0 Å². The molecule has 84 valence electrons. The Morgan fingerprint density at radius 2 is 2.20 bits per heavy atom. The Hall–Kier alpha value is -0.570. The van der Waals surface area contributed by atoms with Gasteiger partial charge in [-0.15, -0.1) is 0 Å². The fourth-order valence-electron chi connectivity index (χ4n) is 1.38. The van der Waals surface area contributed by atoms with Crippen LogP contribution in [0.4, 0.5) is 0 Å². The smallest absolute Gasteiger partial charge is 0.0814 e. The van der Waals surface area contributed by atoms with Crippen LogP contribution in [-0.4, -0.2) is 24.4 Å². The summed E-state index contributed by atoms with van der Waals surface area (Å²) >= 11 is 6.06. The zero-order valence-electron chi connectivity index (χ0n) is 9.16. The molecule has 1 N–H and O–H groups in total. The maximum absolute atomic E-state index is 9.64. The Bertz CT molecular complexity index is 312. The lowest BCUT2D eigenvalue weighted by molar-refractivity contribution is 0.0430. The fraction of sp³-hybridized carbons (Fsp3) is 0.500. The summed E-state index contributed by atoms with van der Waals surface area (Å²) in [5, 5.41) is 10.4. The van der Waals surface area contributed by atoms with Crippen molar-refractivity contribution in [2.45, 2.75) is 26.4 Å². The molecule has 0 aliphatic rings. The molecule has 0 radical (unpaired) electrons. The SMILES string of the molecule is CCOCC(O)Cc1ccc(C)cc1Cl. The molecule has 0 amide bonds. The molecular formula is C12H17ClO2. The van der Waals surface area contributed by atoms with Crippen molar-refractivity contribution in [2.75, 3.05) is 13.2 Å². The number of aryl methyl sites for hydroxylation is 1. The first-order valence-electron chi connectivity index (χ1n) is 5.14. The molecule has 0 bridgehead atoms. The van der Waals surface area contributed by atoms with Crippen LogP contribution in [0.3, 0.4) is 0 Å². The minimum atomic E-state index is -0.481. The molecule has 0 saturated heterocycles. The number of aliphatic hydroxyl groups is 1. The normalized spacial score (nSPS) is 12.8. The van der Waals surface area contributed by atoms with Crippen molar-refractivity contribution in [1.82, 2.24) is 0 Å². The first kappa shape index (κ1) is 12.5. The number of aliphatic hydroxyl groups excluding tert-OH is 1. The van der Waals surface area contributed by atoms with Gasteiger partial charge < -0.3 is 9.84 Å². The molecule has 0 aliphatic carbocycles. The second-order valence-corrected chi connectivity index (χ2v) is 4.02. The van der Waals surface area contributed by atoms with E-state index in [2.05, 4.69) is 0 Å². The van der Waals surface area contributed by atoms with Crippen LogP contribution in [0.15, 0.2) is 18.2 Å². The standard InChI is InChI=1S/C12H17ClO2/c1-3-15-8-11(14)7-10-5-4-9(2)6-12(10)13/h4-6,11,14H,3,7-8H2,1-2H3. The maximum Gasteiger partial charge on any atom is 0.0814 e. The Morgan fingerprint density at radius 1 is 1.47 bits per heavy atom. The van der Waals surface area contributed by atoms with Gasteiger partial charge >= 0.3 is 0 Å². The molecule has 15 heavy (non-hydrogen) atoms. The number of benzene rings is 1. The summed E-state index contributed by atoms with van der Waals surface area (Å²) in [6.45, 7) is 4.89. The van der Waals surface area contributed by atoms with Crippen molar-refractivity contribution in [2.24, 2.45) is 0 Å². The molecule has 0 aliphatic heterocycles. The molecular weight excluding hydrogens is 212 g/mol. The third-order valence-corrected chi connectivity index (χ3v) is 2.53. The summed E-state index contributed by atoms with van der Waals surface area (Å²) in [4.78, 5) is 0. The predicted molar refractivity (Wildman–Crippen MR) is 62.4 cm³/mol. The topological polar surface area (TPSA) is 29.5 Å². The van der Waals surface area contributed by atoms with E-state index in [1.54, 1.807) is 0 Å². The van der Waals surface area contributed by atoms with Gasteiger partial charge in [0, 0.05) is 18.1 Å². The van der Waals surface area contributed by atoms with Crippen LogP contribution < -0.4 is 0 Å². The lowest BCUT2D eigenvalue weighted by Crippen LogP contribution is -2.18. The monoisotopic (exact) mass is 228 g/mol. The van der Waals surface area contributed by atoms with Gasteiger partial charge in [0.15, 0.2) is 0 Å². The Kier molecular flexibility index (Phi) is 5.09. The summed E-state index contributed by atoms with van der Waals surface area (Å²) in [6, 6.07) is 5.85. The predicted octanol–water partition coefficient (Wildman–Crippen LogP) is 2.59. The van der Waals surface area contributed by atoms with Gasteiger partial charge in [-0.1, -0.05) is 23.7 Å². The zero-order valence-corrected chi connectivity index (χ0v) is 9.92. The summed E-state index contributed by atoms with van der Waals surface area (Å²) in [6.07, 6.45) is 0.0595. The average Bonchev–Trinajstić information content (AvgIpc) is 2.19. The third-order valence-electron chi connectivity index (χ3n) is 2.18. The van der Waals surface area contributed by atoms with E-state index in [0.29, 0.717) is 24.7 Å². The summed E-state index contributed by atoms with van der Waals surface area (Å²) < 4.78 is 5.14. The summed E-state index contributed by atoms with van der Waals surface area (Å²) in [5.74, 6) is 0. The number of hydrogen-bond acceptors (Lipinski definition) is 2. The Balaban J connectivity index is 2.56.